The van der Waals surface area contributed by atoms with Crippen molar-refractivity contribution in [1.82, 2.24) is 14.2 Å². The van der Waals surface area contributed by atoms with Crippen LogP contribution in [-0.2, 0) is 27.8 Å². The summed E-state index contributed by atoms with van der Waals surface area (Å²) in [5.41, 5.74) is 1.86. The van der Waals surface area contributed by atoms with Gasteiger partial charge in [0, 0.05) is 56.2 Å². The Balaban J connectivity index is 1.43. The monoisotopic (exact) mass is 475 g/mol. The molecule has 0 saturated carbocycles. The molecule has 2 aromatic heterocycles. The van der Waals surface area contributed by atoms with Crippen molar-refractivity contribution in [2.75, 3.05) is 20.1 Å². The SMILES string of the molecule is CCc1oc2ccccc2c1CN(C)C(=O)C1CCN(S(=O)(=O)c2cccnc2Cl)CC1. The molecule has 0 radical (unpaired) electrons. The predicted molar refractivity (Wildman–Crippen MR) is 123 cm³/mol. The molecule has 170 valence electrons. The molecule has 1 amide bonds. The number of hydrogen-bond acceptors (Lipinski definition) is 5. The summed E-state index contributed by atoms with van der Waals surface area (Å²) in [5, 5.41) is 0.989. The van der Waals surface area contributed by atoms with E-state index in [4.69, 9.17) is 16.0 Å². The van der Waals surface area contributed by atoms with Crippen LogP contribution in [0.4, 0.5) is 0 Å². The zero-order valence-corrected chi connectivity index (χ0v) is 19.7. The molecule has 0 N–H and O–H groups in total. The maximum atomic E-state index is 13.1. The van der Waals surface area contributed by atoms with E-state index < -0.39 is 10.0 Å². The van der Waals surface area contributed by atoms with Gasteiger partial charge in [-0.05, 0) is 31.0 Å². The minimum Gasteiger partial charge on any atom is -0.461 e. The van der Waals surface area contributed by atoms with Crippen molar-refractivity contribution in [3.8, 4) is 0 Å². The predicted octanol–water partition coefficient (Wildman–Crippen LogP) is 4.10. The van der Waals surface area contributed by atoms with Crippen LogP contribution in [0, 0.1) is 5.92 Å². The minimum atomic E-state index is -3.73. The summed E-state index contributed by atoms with van der Waals surface area (Å²) in [7, 11) is -1.94. The number of rotatable bonds is 6. The maximum Gasteiger partial charge on any atom is 0.246 e. The minimum absolute atomic E-state index is 0.00231. The number of nitrogens with zero attached hydrogens (tertiary/aromatic N) is 3. The van der Waals surface area contributed by atoms with E-state index in [1.165, 1.54) is 16.6 Å². The molecule has 4 rings (SSSR count). The molecular weight excluding hydrogens is 450 g/mol. The van der Waals surface area contributed by atoms with Crippen molar-refractivity contribution in [1.29, 1.82) is 0 Å². The van der Waals surface area contributed by atoms with Crippen LogP contribution >= 0.6 is 11.6 Å². The van der Waals surface area contributed by atoms with Gasteiger partial charge in [-0.3, -0.25) is 4.79 Å². The van der Waals surface area contributed by atoms with E-state index in [1.807, 2.05) is 31.2 Å². The zero-order chi connectivity index (χ0) is 22.9. The molecule has 1 saturated heterocycles. The van der Waals surface area contributed by atoms with Crippen LogP contribution in [0.1, 0.15) is 31.1 Å². The van der Waals surface area contributed by atoms with Crippen molar-refractivity contribution < 1.29 is 17.6 Å². The third-order valence-electron chi connectivity index (χ3n) is 6.02. The fourth-order valence-corrected chi connectivity index (χ4v) is 6.18. The second-order valence-corrected chi connectivity index (χ2v) is 10.3. The van der Waals surface area contributed by atoms with E-state index >= 15 is 0 Å². The molecule has 1 aliphatic rings. The summed E-state index contributed by atoms with van der Waals surface area (Å²) in [6.07, 6.45) is 3.13. The third-order valence-corrected chi connectivity index (χ3v) is 8.36. The molecule has 0 bridgehead atoms. The number of furan rings is 1. The van der Waals surface area contributed by atoms with Gasteiger partial charge in [0.2, 0.25) is 15.9 Å². The Morgan fingerprint density at radius 1 is 1.22 bits per heavy atom. The first-order valence-electron chi connectivity index (χ1n) is 10.7. The summed E-state index contributed by atoms with van der Waals surface area (Å²) in [4.78, 5) is 18.7. The average molecular weight is 476 g/mol. The van der Waals surface area contributed by atoms with Crippen LogP contribution < -0.4 is 0 Å². The number of hydrogen-bond donors (Lipinski definition) is 0. The van der Waals surface area contributed by atoms with Gasteiger partial charge in [0.25, 0.3) is 0 Å². The molecule has 9 heteroatoms. The number of aromatic nitrogens is 1. The zero-order valence-electron chi connectivity index (χ0n) is 18.1. The normalized spacial score (nSPS) is 15.8. The molecule has 1 fully saturated rings. The lowest BCUT2D eigenvalue weighted by Crippen LogP contribution is -2.43. The summed E-state index contributed by atoms with van der Waals surface area (Å²) in [6.45, 7) is 3.04. The van der Waals surface area contributed by atoms with Crippen LogP contribution in [-0.4, -0.2) is 48.7 Å². The first-order valence-corrected chi connectivity index (χ1v) is 12.5. The fourth-order valence-electron chi connectivity index (χ4n) is 4.28. The van der Waals surface area contributed by atoms with E-state index in [2.05, 4.69) is 4.98 Å². The van der Waals surface area contributed by atoms with Crippen LogP contribution in [0.3, 0.4) is 0 Å². The molecule has 3 heterocycles. The Morgan fingerprint density at radius 3 is 2.62 bits per heavy atom. The van der Waals surface area contributed by atoms with E-state index in [1.54, 1.807) is 18.0 Å². The molecule has 0 unspecified atom stereocenters. The van der Waals surface area contributed by atoms with Gasteiger partial charge in [-0.25, -0.2) is 13.4 Å². The van der Waals surface area contributed by atoms with Crippen LogP contribution in [0.25, 0.3) is 11.0 Å². The van der Waals surface area contributed by atoms with Gasteiger partial charge in [0.15, 0.2) is 0 Å². The van der Waals surface area contributed by atoms with Gasteiger partial charge in [-0.1, -0.05) is 36.7 Å². The number of aryl methyl sites for hydroxylation is 1. The molecule has 1 aliphatic heterocycles. The fraction of sp³-hybridized carbons (Fsp3) is 0.391. The van der Waals surface area contributed by atoms with E-state index in [-0.39, 0.29) is 35.0 Å². The molecule has 7 nitrogen and oxygen atoms in total. The lowest BCUT2D eigenvalue weighted by Gasteiger charge is -2.32. The average Bonchev–Trinajstić information content (AvgIpc) is 3.16. The number of sulfonamides is 1. The Labute approximate surface area is 193 Å². The Bertz CT molecular complexity index is 1230. The number of halogens is 1. The Hall–Kier alpha value is -2.42. The summed E-state index contributed by atoms with van der Waals surface area (Å²) < 4.78 is 33.2. The molecule has 0 aliphatic carbocycles. The van der Waals surface area contributed by atoms with Gasteiger partial charge in [0.1, 0.15) is 21.4 Å². The Kier molecular flexibility index (Phi) is 6.55. The third kappa shape index (κ3) is 4.27. The quantitative estimate of drug-likeness (QED) is 0.501. The maximum absolute atomic E-state index is 13.1. The number of carbonyl (C=O) groups is 1. The van der Waals surface area contributed by atoms with Gasteiger partial charge >= 0.3 is 0 Å². The lowest BCUT2D eigenvalue weighted by atomic mass is 9.96. The van der Waals surface area contributed by atoms with Crippen molar-refractivity contribution in [2.45, 2.75) is 37.6 Å². The van der Waals surface area contributed by atoms with Gasteiger partial charge in [-0.2, -0.15) is 4.31 Å². The van der Waals surface area contributed by atoms with E-state index in [0.29, 0.717) is 19.4 Å². The number of fused-ring (bicyclic) bond motifs is 1. The van der Waals surface area contributed by atoms with Crippen molar-refractivity contribution >= 4 is 38.5 Å². The van der Waals surface area contributed by atoms with Crippen LogP contribution in [0.5, 0.6) is 0 Å². The first-order chi connectivity index (χ1) is 15.3. The number of pyridine rings is 1. The number of carbonyl (C=O) groups excluding carboxylic acids is 1. The molecule has 3 aromatic rings. The number of amides is 1. The molecule has 0 atom stereocenters. The van der Waals surface area contributed by atoms with Crippen molar-refractivity contribution in [3.05, 3.63) is 59.1 Å². The van der Waals surface area contributed by atoms with Crippen molar-refractivity contribution in [3.63, 3.8) is 0 Å². The highest BCUT2D eigenvalue weighted by atomic mass is 35.5. The second kappa shape index (κ2) is 9.21. The van der Waals surface area contributed by atoms with Crippen molar-refractivity contribution in [2.24, 2.45) is 5.92 Å². The highest BCUT2D eigenvalue weighted by Crippen LogP contribution is 2.30. The topological polar surface area (TPSA) is 83.7 Å². The second-order valence-electron chi connectivity index (χ2n) is 8.02. The standard InChI is InChI=1S/C23H26ClN3O4S/c1-3-19-18(17-7-4-5-8-20(17)31-19)15-26(2)23(28)16-10-13-27(14-11-16)32(29,30)21-9-6-12-25-22(21)24/h4-9,12,16H,3,10-11,13-15H2,1-2H3. The molecular formula is C23H26ClN3O4S. The summed E-state index contributed by atoms with van der Waals surface area (Å²) in [5.74, 6) is 0.688. The largest absolute Gasteiger partial charge is 0.461 e. The number of benzene rings is 1. The number of para-hydroxylation sites is 1. The van der Waals surface area contributed by atoms with E-state index in [0.717, 1.165) is 28.7 Å². The Morgan fingerprint density at radius 2 is 1.94 bits per heavy atom. The molecule has 1 aromatic carbocycles. The summed E-state index contributed by atoms with van der Waals surface area (Å²) in [6, 6.07) is 10.9. The van der Waals surface area contributed by atoms with Crippen LogP contribution in [0.2, 0.25) is 5.15 Å². The van der Waals surface area contributed by atoms with Gasteiger partial charge < -0.3 is 9.32 Å². The first kappa shape index (κ1) is 22.8. The van der Waals surface area contributed by atoms with E-state index in [9.17, 15) is 13.2 Å². The summed E-state index contributed by atoms with van der Waals surface area (Å²) >= 11 is 6.00. The highest BCUT2D eigenvalue weighted by molar-refractivity contribution is 7.89. The lowest BCUT2D eigenvalue weighted by molar-refractivity contribution is -0.135. The van der Waals surface area contributed by atoms with Gasteiger partial charge in [0.05, 0.1) is 0 Å². The van der Waals surface area contributed by atoms with Crippen LogP contribution in [0.15, 0.2) is 51.9 Å². The molecule has 0 spiro atoms. The smallest absolute Gasteiger partial charge is 0.246 e. The van der Waals surface area contributed by atoms with Gasteiger partial charge in [-0.15, -0.1) is 0 Å². The molecule has 32 heavy (non-hydrogen) atoms. The number of piperidine rings is 1. The highest BCUT2D eigenvalue weighted by Gasteiger charge is 2.34.